The van der Waals surface area contributed by atoms with Gasteiger partial charge in [0.15, 0.2) is 0 Å². The maximum atomic E-state index is 11.7. The Morgan fingerprint density at radius 1 is 1.50 bits per heavy atom. The number of nitrogens with one attached hydrogen (secondary N) is 1. The Bertz CT molecular complexity index is 475. The largest absolute Gasteiger partial charge is 0.508 e. The van der Waals surface area contributed by atoms with E-state index in [2.05, 4.69) is 5.32 Å². The Morgan fingerprint density at radius 3 is 2.72 bits per heavy atom. The summed E-state index contributed by atoms with van der Waals surface area (Å²) in [6.45, 7) is 0.536. The number of phenolic OH excluding ortho intramolecular Hbond substituents is 1. The average Bonchev–Trinajstić information content (AvgIpc) is 2.38. The van der Waals surface area contributed by atoms with Gasteiger partial charge in [-0.15, -0.1) is 0 Å². The molecular formula is C13H14N2O2S. The summed E-state index contributed by atoms with van der Waals surface area (Å²) < 4.78 is 0. The van der Waals surface area contributed by atoms with E-state index in [1.54, 1.807) is 23.9 Å². The summed E-state index contributed by atoms with van der Waals surface area (Å²) in [5.74, 6) is 0.582. The van der Waals surface area contributed by atoms with Crippen LogP contribution in [-0.4, -0.2) is 29.6 Å². The molecule has 0 saturated heterocycles. The van der Waals surface area contributed by atoms with E-state index in [4.69, 9.17) is 10.4 Å². The van der Waals surface area contributed by atoms with Gasteiger partial charge >= 0.3 is 0 Å². The fourth-order valence-corrected chi connectivity index (χ4v) is 1.55. The van der Waals surface area contributed by atoms with Crippen LogP contribution in [0.3, 0.4) is 0 Å². The lowest BCUT2D eigenvalue weighted by atomic mass is 10.1. The Balaban J connectivity index is 2.74. The van der Waals surface area contributed by atoms with Gasteiger partial charge in [0.25, 0.3) is 5.91 Å². The van der Waals surface area contributed by atoms with Gasteiger partial charge in [-0.1, -0.05) is 12.1 Å². The highest BCUT2D eigenvalue weighted by molar-refractivity contribution is 7.98. The molecule has 0 saturated carbocycles. The van der Waals surface area contributed by atoms with Crippen molar-refractivity contribution in [2.45, 2.75) is 0 Å². The van der Waals surface area contributed by atoms with E-state index >= 15 is 0 Å². The number of hydrogen-bond acceptors (Lipinski definition) is 4. The van der Waals surface area contributed by atoms with Gasteiger partial charge in [-0.2, -0.15) is 17.0 Å². The van der Waals surface area contributed by atoms with E-state index in [1.165, 1.54) is 18.2 Å². The molecule has 94 valence electrons. The van der Waals surface area contributed by atoms with E-state index in [0.29, 0.717) is 12.1 Å². The molecule has 1 rings (SSSR count). The summed E-state index contributed by atoms with van der Waals surface area (Å²) in [6, 6.07) is 8.17. The van der Waals surface area contributed by atoms with Crippen molar-refractivity contribution in [1.29, 1.82) is 5.26 Å². The van der Waals surface area contributed by atoms with Crippen LogP contribution in [0, 0.1) is 11.3 Å². The van der Waals surface area contributed by atoms with E-state index < -0.39 is 0 Å². The number of rotatable bonds is 5. The highest BCUT2D eigenvalue weighted by Crippen LogP contribution is 2.12. The number of carbonyl (C=O) groups is 1. The molecule has 18 heavy (non-hydrogen) atoms. The zero-order chi connectivity index (χ0) is 13.4. The number of hydrogen-bond donors (Lipinski definition) is 2. The third-order valence-electron chi connectivity index (χ3n) is 2.16. The maximum Gasteiger partial charge on any atom is 0.261 e. The standard InChI is InChI=1S/C13H14N2O2S/c1-18-7-6-15-13(17)11(9-14)8-10-2-4-12(16)5-3-10/h2-5,8,16H,6-7H2,1H3,(H,15,17)/b11-8+. The second-order valence-electron chi connectivity index (χ2n) is 3.51. The number of nitriles is 1. The van der Waals surface area contributed by atoms with Crippen LogP contribution in [0.4, 0.5) is 0 Å². The van der Waals surface area contributed by atoms with Gasteiger partial charge in [0.1, 0.15) is 17.4 Å². The fraction of sp³-hybridized carbons (Fsp3) is 0.231. The number of phenols is 1. The Hall–Kier alpha value is -1.93. The van der Waals surface area contributed by atoms with E-state index in [1.807, 2.05) is 12.3 Å². The normalized spacial score (nSPS) is 10.8. The van der Waals surface area contributed by atoms with Crippen LogP contribution in [0.2, 0.25) is 0 Å². The van der Waals surface area contributed by atoms with Gasteiger partial charge in [-0.25, -0.2) is 0 Å². The molecule has 0 fully saturated rings. The first-order valence-corrected chi connectivity index (χ1v) is 6.74. The Kier molecular flexibility index (Phi) is 5.81. The molecule has 1 amide bonds. The topological polar surface area (TPSA) is 73.1 Å². The monoisotopic (exact) mass is 262 g/mol. The van der Waals surface area contributed by atoms with Gasteiger partial charge in [0.2, 0.25) is 0 Å². The SMILES string of the molecule is CSCCNC(=O)/C(C#N)=C/c1ccc(O)cc1. The van der Waals surface area contributed by atoms with Crippen LogP contribution in [0.15, 0.2) is 29.8 Å². The highest BCUT2D eigenvalue weighted by Gasteiger charge is 2.07. The number of aromatic hydroxyl groups is 1. The molecule has 0 aliphatic rings. The van der Waals surface area contributed by atoms with Gasteiger partial charge in [0, 0.05) is 12.3 Å². The number of nitrogens with zero attached hydrogens (tertiary/aromatic N) is 1. The number of benzene rings is 1. The van der Waals surface area contributed by atoms with Gasteiger partial charge in [-0.05, 0) is 30.0 Å². The molecule has 0 aliphatic carbocycles. The number of amides is 1. The first-order chi connectivity index (χ1) is 8.67. The molecule has 0 aliphatic heterocycles. The van der Waals surface area contributed by atoms with Gasteiger partial charge in [0.05, 0.1) is 0 Å². The van der Waals surface area contributed by atoms with E-state index in [-0.39, 0.29) is 17.2 Å². The van der Waals surface area contributed by atoms with E-state index in [9.17, 15) is 4.79 Å². The molecule has 0 aromatic heterocycles. The Morgan fingerprint density at radius 2 is 2.17 bits per heavy atom. The van der Waals surface area contributed by atoms with Crippen molar-refractivity contribution in [3.05, 3.63) is 35.4 Å². The smallest absolute Gasteiger partial charge is 0.261 e. The molecule has 0 heterocycles. The van der Waals surface area contributed by atoms with Gasteiger partial charge < -0.3 is 10.4 Å². The molecule has 0 bridgehead atoms. The molecule has 0 unspecified atom stereocenters. The predicted octanol–water partition coefficient (Wildman–Crippen LogP) is 1.78. The van der Waals surface area contributed by atoms with Crippen molar-refractivity contribution in [3.8, 4) is 11.8 Å². The van der Waals surface area contributed by atoms with Crippen molar-refractivity contribution in [2.75, 3.05) is 18.6 Å². The van der Waals surface area contributed by atoms with Crippen molar-refractivity contribution in [2.24, 2.45) is 0 Å². The summed E-state index contributed by atoms with van der Waals surface area (Å²) in [4.78, 5) is 11.7. The van der Waals surface area contributed by atoms with Crippen molar-refractivity contribution in [1.82, 2.24) is 5.32 Å². The fourth-order valence-electron chi connectivity index (χ4n) is 1.25. The minimum Gasteiger partial charge on any atom is -0.508 e. The van der Waals surface area contributed by atoms with Crippen LogP contribution in [0.1, 0.15) is 5.56 Å². The number of thioether (sulfide) groups is 1. The second kappa shape index (κ2) is 7.41. The zero-order valence-corrected chi connectivity index (χ0v) is 10.8. The Labute approximate surface area is 110 Å². The molecule has 2 N–H and O–H groups in total. The first kappa shape index (κ1) is 14.1. The van der Waals surface area contributed by atoms with Crippen LogP contribution < -0.4 is 5.32 Å². The van der Waals surface area contributed by atoms with Crippen LogP contribution >= 0.6 is 11.8 Å². The molecular weight excluding hydrogens is 248 g/mol. The molecule has 1 aromatic rings. The third-order valence-corrected chi connectivity index (χ3v) is 2.77. The minimum absolute atomic E-state index is 0.0572. The van der Waals surface area contributed by atoms with Crippen molar-refractivity contribution in [3.63, 3.8) is 0 Å². The molecule has 0 spiro atoms. The summed E-state index contributed by atoms with van der Waals surface area (Å²) in [6.07, 6.45) is 3.44. The lowest BCUT2D eigenvalue weighted by molar-refractivity contribution is -0.116. The van der Waals surface area contributed by atoms with Gasteiger partial charge in [-0.3, -0.25) is 4.79 Å². The molecule has 0 atom stereocenters. The van der Waals surface area contributed by atoms with E-state index in [0.717, 1.165) is 5.75 Å². The summed E-state index contributed by atoms with van der Waals surface area (Å²) in [7, 11) is 0. The molecule has 5 heteroatoms. The molecule has 0 radical (unpaired) electrons. The number of carbonyl (C=O) groups excluding carboxylic acids is 1. The zero-order valence-electron chi connectivity index (χ0n) is 10.0. The minimum atomic E-state index is -0.375. The molecule has 1 aromatic carbocycles. The van der Waals surface area contributed by atoms with Crippen LogP contribution in [-0.2, 0) is 4.79 Å². The van der Waals surface area contributed by atoms with Crippen molar-refractivity contribution >= 4 is 23.7 Å². The summed E-state index contributed by atoms with van der Waals surface area (Å²) in [5, 5.41) is 20.7. The highest BCUT2D eigenvalue weighted by atomic mass is 32.2. The van der Waals surface area contributed by atoms with Crippen LogP contribution in [0.25, 0.3) is 6.08 Å². The first-order valence-electron chi connectivity index (χ1n) is 5.35. The predicted molar refractivity (Wildman–Crippen MR) is 73.1 cm³/mol. The second-order valence-corrected chi connectivity index (χ2v) is 4.50. The van der Waals surface area contributed by atoms with Crippen molar-refractivity contribution < 1.29 is 9.90 Å². The average molecular weight is 262 g/mol. The molecule has 4 nitrogen and oxygen atoms in total. The quantitative estimate of drug-likeness (QED) is 0.482. The third kappa shape index (κ3) is 4.52. The summed E-state index contributed by atoms with van der Waals surface area (Å²) >= 11 is 1.62. The van der Waals surface area contributed by atoms with Crippen LogP contribution in [0.5, 0.6) is 5.75 Å². The lowest BCUT2D eigenvalue weighted by Gasteiger charge is -2.02. The summed E-state index contributed by atoms with van der Waals surface area (Å²) in [5.41, 5.74) is 0.756. The maximum absolute atomic E-state index is 11.7. The lowest BCUT2D eigenvalue weighted by Crippen LogP contribution is -2.26.